The van der Waals surface area contributed by atoms with E-state index < -0.39 is 18.5 Å². The predicted octanol–water partition coefficient (Wildman–Crippen LogP) is 1.33. The van der Waals surface area contributed by atoms with Crippen molar-refractivity contribution in [2.75, 3.05) is 0 Å². The number of halogens is 3. The summed E-state index contributed by atoms with van der Waals surface area (Å²) in [4.78, 5) is 9.60. The average molecular weight is 327 g/mol. The molecule has 0 aromatic rings. The number of hydrogen-bond acceptors (Lipinski definition) is 3. The van der Waals surface area contributed by atoms with Gasteiger partial charge >= 0.3 is 0 Å². The van der Waals surface area contributed by atoms with Crippen molar-refractivity contribution in [3.8, 4) is 0 Å². The van der Waals surface area contributed by atoms with E-state index in [-0.39, 0.29) is 0 Å². The first-order valence-corrected chi connectivity index (χ1v) is 5.94. The van der Waals surface area contributed by atoms with Gasteiger partial charge in [-0.1, -0.05) is 36.3 Å². The van der Waals surface area contributed by atoms with E-state index in [2.05, 4.69) is 36.3 Å². The zero-order valence-electron chi connectivity index (χ0n) is 4.87. The Labute approximate surface area is 85.3 Å². The van der Waals surface area contributed by atoms with Gasteiger partial charge in [-0.05, 0) is 0 Å². The maximum atomic E-state index is 10.8. The van der Waals surface area contributed by atoms with Crippen molar-refractivity contribution in [1.29, 1.82) is 0 Å². The van der Waals surface area contributed by atoms with Gasteiger partial charge in [0.1, 0.15) is 4.29 Å². The van der Waals surface area contributed by atoms with Gasteiger partial charge in [0.05, 0.1) is 0 Å². The Morgan fingerprint density at radius 2 is 1.91 bits per heavy atom. The van der Waals surface area contributed by atoms with Gasteiger partial charge in [0.25, 0.3) is 16.1 Å². The third kappa shape index (κ3) is 3.66. The number of sulfonamides is 1. The van der Waals surface area contributed by atoms with Crippen LogP contribution < -0.4 is 0 Å². The van der Waals surface area contributed by atoms with Crippen molar-refractivity contribution in [2.24, 2.45) is 4.40 Å². The Kier molecular flexibility index (Phi) is 4.81. The minimum absolute atomic E-state index is 0.843. The number of isocyanates is 1. The summed E-state index contributed by atoms with van der Waals surface area (Å²) >= 11 is 10.9. The van der Waals surface area contributed by atoms with Crippen LogP contribution >= 0.6 is 43.5 Å². The summed E-state index contributed by atoms with van der Waals surface area (Å²) in [5.74, 6) is 0. The highest BCUT2D eigenvalue weighted by Crippen LogP contribution is 2.23. The van der Waals surface area contributed by atoms with E-state index in [9.17, 15) is 13.2 Å². The molecular formula is C3H2Br2ClNO3S. The molecule has 0 bridgehead atoms. The molecule has 0 spiro atoms. The van der Waals surface area contributed by atoms with Crippen molar-refractivity contribution >= 4 is 59.6 Å². The summed E-state index contributed by atoms with van der Waals surface area (Å²) in [5, 5.41) is 0. The van der Waals surface area contributed by atoms with E-state index in [0.29, 0.717) is 0 Å². The molecule has 2 unspecified atom stereocenters. The minimum Gasteiger partial charge on any atom is -0.210 e. The lowest BCUT2D eigenvalue weighted by atomic mass is 11.0. The summed E-state index contributed by atoms with van der Waals surface area (Å²) in [7, 11) is -3.87. The van der Waals surface area contributed by atoms with Crippen molar-refractivity contribution in [3.63, 3.8) is 0 Å². The molecule has 0 amide bonds. The Bertz CT molecular complexity index is 270. The van der Waals surface area contributed by atoms with Crippen molar-refractivity contribution in [2.45, 2.75) is 8.45 Å². The van der Waals surface area contributed by atoms with Crippen LogP contribution in [-0.2, 0) is 14.8 Å². The molecule has 0 N–H and O–H groups in total. The van der Waals surface area contributed by atoms with Crippen molar-refractivity contribution in [1.82, 2.24) is 0 Å². The molecule has 0 aliphatic rings. The third-order valence-electron chi connectivity index (χ3n) is 0.647. The summed E-state index contributed by atoms with van der Waals surface area (Å²) in [6.45, 7) is 0. The Balaban J connectivity index is 4.71. The highest BCUT2D eigenvalue weighted by molar-refractivity contribution is 9.13. The number of hydrogen-bond donors (Lipinski definition) is 0. The zero-order chi connectivity index (χ0) is 9.07. The van der Waals surface area contributed by atoms with Gasteiger partial charge in [0, 0.05) is 0 Å². The normalized spacial score (nSPS) is 16.6. The van der Waals surface area contributed by atoms with Crippen molar-refractivity contribution in [3.05, 3.63) is 0 Å². The van der Waals surface area contributed by atoms with E-state index in [4.69, 9.17) is 11.6 Å². The van der Waals surface area contributed by atoms with Crippen LogP contribution in [0.4, 0.5) is 0 Å². The second-order valence-electron chi connectivity index (χ2n) is 1.38. The molecule has 4 nitrogen and oxygen atoms in total. The highest BCUT2D eigenvalue weighted by Gasteiger charge is 2.27. The van der Waals surface area contributed by atoms with Gasteiger partial charge in [-0.15, -0.1) is 11.6 Å². The smallest absolute Gasteiger partial charge is 0.210 e. The molecule has 0 saturated heterocycles. The first-order chi connectivity index (χ1) is 4.91. The summed E-state index contributed by atoms with van der Waals surface area (Å²) < 4.78 is 22.2. The predicted molar refractivity (Wildman–Crippen MR) is 48.3 cm³/mol. The monoisotopic (exact) mass is 325 g/mol. The lowest BCUT2D eigenvalue weighted by Crippen LogP contribution is -2.18. The number of rotatable bonds is 3. The molecule has 0 heterocycles. The van der Waals surface area contributed by atoms with Gasteiger partial charge < -0.3 is 0 Å². The molecule has 0 aliphatic carbocycles. The number of carbonyl (C=O) groups excluding carboxylic acids is 1. The third-order valence-corrected chi connectivity index (χ3v) is 6.06. The number of alkyl halides is 3. The number of nitrogens with zero attached hydrogens (tertiary/aromatic N) is 1. The maximum absolute atomic E-state index is 10.8. The molecule has 0 radical (unpaired) electrons. The molecule has 0 saturated carbocycles. The fourth-order valence-corrected chi connectivity index (χ4v) is 2.16. The fourth-order valence-electron chi connectivity index (χ4n) is 0.232. The molecule has 11 heavy (non-hydrogen) atoms. The molecule has 8 heteroatoms. The van der Waals surface area contributed by atoms with Gasteiger partial charge in [0.15, 0.2) is 4.16 Å². The molecular weight excluding hydrogens is 325 g/mol. The highest BCUT2D eigenvalue weighted by atomic mass is 79.9. The van der Waals surface area contributed by atoms with Crippen LogP contribution in [-0.4, -0.2) is 22.9 Å². The van der Waals surface area contributed by atoms with E-state index in [1.807, 2.05) is 0 Å². The van der Waals surface area contributed by atoms with Gasteiger partial charge in [-0.25, -0.2) is 13.2 Å². The van der Waals surface area contributed by atoms with Crippen LogP contribution in [0.15, 0.2) is 4.40 Å². The second kappa shape index (κ2) is 4.57. The molecule has 2 atom stereocenters. The van der Waals surface area contributed by atoms with Crippen LogP contribution in [0.3, 0.4) is 0 Å². The van der Waals surface area contributed by atoms with Crippen LogP contribution in [0.5, 0.6) is 0 Å². The van der Waals surface area contributed by atoms with Crippen LogP contribution in [0, 0.1) is 0 Å². The first kappa shape index (κ1) is 11.6. The topological polar surface area (TPSA) is 63.6 Å². The second-order valence-corrected chi connectivity index (χ2v) is 6.68. The van der Waals surface area contributed by atoms with Crippen LogP contribution in [0.2, 0.25) is 0 Å². The molecule has 0 aromatic carbocycles. The van der Waals surface area contributed by atoms with Gasteiger partial charge in [-0.3, -0.25) is 0 Å². The molecule has 0 fully saturated rings. The molecule has 0 aliphatic heterocycles. The zero-order valence-corrected chi connectivity index (χ0v) is 9.61. The van der Waals surface area contributed by atoms with Crippen molar-refractivity contribution < 1.29 is 13.2 Å². The SMILES string of the molecule is O=C=NS(=O)(=O)C(Br)C(Cl)Br. The Morgan fingerprint density at radius 3 is 2.18 bits per heavy atom. The summed E-state index contributed by atoms with van der Waals surface area (Å²) in [5.41, 5.74) is 0. The quantitative estimate of drug-likeness (QED) is 0.446. The van der Waals surface area contributed by atoms with E-state index in [1.54, 1.807) is 0 Å². The lowest BCUT2D eigenvalue weighted by Gasteiger charge is -2.05. The van der Waals surface area contributed by atoms with Crippen LogP contribution in [0.25, 0.3) is 0 Å². The minimum atomic E-state index is -3.87. The summed E-state index contributed by atoms with van der Waals surface area (Å²) in [6.07, 6.45) is 0.921. The maximum Gasteiger partial charge on any atom is 0.278 e. The van der Waals surface area contributed by atoms with Gasteiger partial charge in [0.2, 0.25) is 0 Å². The molecule has 0 aromatic heterocycles. The largest absolute Gasteiger partial charge is 0.278 e. The summed E-state index contributed by atoms with van der Waals surface area (Å²) in [6, 6.07) is 0. The van der Waals surface area contributed by atoms with E-state index in [0.717, 1.165) is 6.08 Å². The van der Waals surface area contributed by atoms with E-state index in [1.165, 1.54) is 0 Å². The fraction of sp³-hybridized carbons (Fsp3) is 0.667. The average Bonchev–Trinajstić information content (AvgIpc) is 1.86. The lowest BCUT2D eigenvalue weighted by molar-refractivity contribution is 0.563. The molecule has 64 valence electrons. The first-order valence-electron chi connectivity index (χ1n) is 2.17. The van der Waals surface area contributed by atoms with Gasteiger partial charge in [-0.2, -0.15) is 0 Å². The Morgan fingerprint density at radius 1 is 1.45 bits per heavy atom. The Hall–Kier alpha value is 0.580. The standard InChI is InChI=1S/C3H2Br2ClNO3S/c4-2(6)3(5)11(9,10)7-1-8/h2-3H. The molecule has 0 rings (SSSR count). The van der Waals surface area contributed by atoms with Crippen LogP contribution in [0.1, 0.15) is 0 Å². The van der Waals surface area contributed by atoms with E-state index >= 15 is 0 Å².